The van der Waals surface area contributed by atoms with Gasteiger partial charge >= 0.3 is 6.01 Å². The first-order valence-corrected chi connectivity index (χ1v) is 4.38. The SMILES string of the molecule is CNc1nc(-c2ccccc2C)no1. The van der Waals surface area contributed by atoms with Crippen molar-refractivity contribution >= 4 is 6.01 Å². The fourth-order valence-electron chi connectivity index (χ4n) is 1.26. The lowest BCUT2D eigenvalue weighted by atomic mass is 10.1. The molecule has 0 unspecified atom stereocenters. The summed E-state index contributed by atoms with van der Waals surface area (Å²) in [5.41, 5.74) is 2.13. The third-order valence-electron chi connectivity index (χ3n) is 2.03. The second-order valence-corrected chi connectivity index (χ2v) is 2.99. The minimum Gasteiger partial charge on any atom is -0.341 e. The molecule has 2 rings (SSSR count). The Labute approximate surface area is 82.0 Å². The van der Waals surface area contributed by atoms with Crippen LogP contribution in [0, 0.1) is 6.92 Å². The van der Waals surface area contributed by atoms with Gasteiger partial charge in [0, 0.05) is 12.6 Å². The molecule has 0 aliphatic heterocycles. The van der Waals surface area contributed by atoms with Gasteiger partial charge in [-0.2, -0.15) is 4.98 Å². The van der Waals surface area contributed by atoms with Gasteiger partial charge in [-0.3, -0.25) is 0 Å². The van der Waals surface area contributed by atoms with Gasteiger partial charge in [0.2, 0.25) is 5.82 Å². The highest BCUT2D eigenvalue weighted by molar-refractivity contribution is 5.59. The summed E-state index contributed by atoms with van der Waals surface area (Å²) in [7, 11) is 1.75. The van der Waals surface area contributed by atoms with Crippen LogP contribution in [0.15, 0.2) is 28.8 Å². The molecule has 0 saturated heterocycles. The zero-order valence-corrected chi connectivity index (χ0v) is 8.11. The van der Waals surface area contributed by atoms with E-state index in [1.807, 2.05) is 31.2 Å². The number of anilines is 1. The van der Waals surface area contributed by atoms with Crippen LogP contribution in [0.3, 0.4) is 0 Å². The summed E-state index contributed by atoms with van der Waals surface area (Å²) in [6.45, 7) is 2.02. The maximum absolute atomic E-state index is 4.95. The molecular weight excluding hydrogens is 178 g/mol. The van der Waals surface area contributed by atoms with Crippen molar-refractivity contribution in [2.24, 2.45) is 0 Å². The average molecular weight is 189 g/mol. The first kappa shape index (κ1) is 8.74. The molecule has 0 radical (unpaired) electrons. The maximum Gasteiger partial charge on any atom is 0.321 e. The van der Waals surface area contributed by atoms with Crippen LogP contribution in [0.1, 0.15) is 5.56 Å². The molecule has 0 spiro atoms. The van der Waals surface area contributed by atoms with Crippen LogP contribution < -0.4 is 5.32 Å². The van der Waals surface area contributed by atoms with E-state index in [4.69, 9.17) is 4.52 Å². The van der Waals surface area contributed by atoms with E-state index in [0.29, 0.717) is 11.8 Å². The molecule has 4 nitrogen and oxygen atoms in total. The predicted octanol–water partition coefficient (Wildman–Crippen LogP) is 2.09. The van der Waals surface area contributed by atoms with Crippen LogP contribution in [0.25, 0.3) is 11.4 Å². The number of benzene rings is 1. The Bertz CT molecular complexity index is 436. The Morgan fingerprint density at radius 3 is 2.71 bits per heavy atom. The highest BCUT2D eigenvalue weighted by atomic mass is 16.5. The Hall–Kier alpha value is -1.84. The molecule has 1 aromatic heterocycles. The Kier molecular flexibility index (Phi) is 2.18. The van der Waals surface area contributed by atoms with Crippen LogP contribution >= 0.6 is 0 Å². The van der Waals surface area contributed by atoms with Gasteiger partial charge in [-0.1, -0.05) is 29.4 Å². The highest BCUT2D eigenvalue weighted by Crippen LogP contribution is 2.20. The van der Waals surface area contributed by atoms with Gasteiger partial charge in [0.1, 0.15) is 0 Å². The van der Waals surface area contributed by atoms with Crippen molar-refractivity contribution in [1.29, 1.82) is 0 Å². The van der Waals surface area contributed by atoms with E-state index in [0.717, 1.165) is 11.1 Å². The summed E-state index contributed by atoms with van der Waals surface area (Å²) >= 11 is 0. The van der Waals surface area contributed by atoms with Gasteiger partial charge in [0.25, 0.3) is 0 Å². The number of hydrogen-bond donors (Lipinski definition) is 1. The van der Waals surface area contributed by atoms with Gasteiger partial charge in [-0.05, 0) is 12.5 Å². The molecule has 0 bridgehead atoms. The summed E-state index contributed by atoms with van der Waals surface area (Å²) in [6.07, 6.45) is 0. The Morgan fingerprint density at radius 2 is 2.07 bits per heavy atom. The number of rotatable bonds is 2. The zero-order valence-electron chi connectivity index (χ0n) is 8.11. The van der Waals surface area contributed by atoms with E-state index in [9.17, 15) is 0 Å². The predicted molar refractivity (Wildman–Crippen MR) is 54.0 cm³/mol. The summed E-state index contributed by atoms with van der Waals surface area (Å²) in [5.74, 6) is 0.618. The molecule has 0 fully saturated rings. The lowest BCUT2D eigenvalue weighted by molar-refractivity contribution is 0.434. The maximum atomic E-state index is 4.95. The van der Waals surface area contributed by atoms with E-state index in [1.165, 1.54) is 0 Å². The molecule has 0 saturated carbocycles. The van der Waals surface area contributed by atoms with Crippen molar-refractivity contribution in [2.45, 2.75) is 6.92 Å². The van der Waals surface area contributed by atoms with E-state index in [2.05, 4.69) is 15.5 Å². The molecular formula is C10H11N3O. The van der Waals surface area contributed by atoms with E-state index >= 15 is 0 Å². The molecule has 0 aliphatic rings. The van der Waals surface area contributed by atoms with Crippen LogP contribution in [-0.2, 0) is 0 Å². The van der Waals surface area contributed by atoms with Gasteiger partial charge in [-0.15, -0.1) is 0 Å². The fourth-order valence-corrected chi connectivity index (χ4v) is 1.26. The van der Waals surface area contributed by atoms with Crippen molar-refractivity contribution in [3.8, 4) is 11.4 Å². The Morgan fingerprint density at radius 1 is 1.29 bits per heavy atom. The number of nitrogens with zero attached hydrogens (tertiary/aromatic N) is 2. The third-order valence-corrected chi connectivity index (χ3v) is 2.03. The zero-order chi connectivity index (χ0) is 9.97. The average Bonchev–Trinajstić information content (AvgIpc) is 2.67. The molecule has 4 heteroatoms. The van der Waals surface area contributed by atoms with Crippen molar-refractivity contribution in [1.82, 2.24) is 10.1 Å². The first-order valence-electron chi connectivity index (χ1n) is 4.38. The third kappa shape index (κ3) is 1.46. The van der Waals surface area contributed by atoms with Gasteiger partial charge < -0.3 is 9.84 Å². The van der Waals surface area contributed by atoms with Crippen molar-refractivity contribution in [3.05, 3.63) is 29.8 Å². The second kappa shape index (κ2) is 3.49. The topological polar surface area (TPSA) is 51.0 Å². The van der Waals surface area contributed by atoms with Crippen LogP contribution in [0.5, 0.6) is 0 Å². The van der Waals surface area contributed by atoms with E-state index < -0.39 is 0 Å². The van der Waals surface area contributed by atoms with E-state index in [1.54, 1.807) is 7.05 Å². The quantitative estimate of drug-likeness (QED) is 0.785. The largest absolute Gasteiger partial charge is 0.341 e. The number of aromatic nitrogens is 2. The Balaban J connectivity index is 2.44. The molecule has 0 atom stereocenters. The van der Waals surface area contributed by atoms with Gasteiger partial charge in [0.15, 0.2) is 0 Å². The normalized spacial score (nSPS) is 10.1. The number of aryl methyl sites for hydroxylation is 1. The first-order chi connectivity index (χ1) is 6.81. The number of hydrogen-bond acceptors (Lipinski definition) is 4. The van der Waals surface area contributed by atoms with Gasteiger partial charge in [-0.25, -0.2) is 0 Å². The van der Waals surface area contributed by atoms with Crippen molar-refractivity contribution in [2.75, 3.05) is 12.4 Å². The molecule has 14 heavy (non-hydrogen) atoms. The van der Waals surface area contributed by atoms with Crippen molar-refractivity contribution < 1.29 is 4.52 Å². The molecule has 1 heterocycles. The minimum absolute atomic E-state index is 0.434. The van der Waals surface area contributed by atoms with Crippen LogP contribution in [-0.4, -0.2) is 17.2 Å². The van der Waals surface area contributed by atoms with Crippen LogP contribution in [0.2, 0.25) is 0 Å². The van der Waals surface area contributed by atoms with Crippen LogP contribution in [0.4, 0.5) is 6.01 Å². The van der Waals surface area contributed by atoms with Gasteiger partial charge in [0.05, 0.1) is 0 Å². The molecule has 0 amide bonds. The fraction of sp³-hybridized carbons (Fsp3) is 0.200. The monoisotopic (exact) mass is 189 g/mol. The summed E-state index contributed by atoms with van der Waals surface area (Å²) in [5, 5.41) is 6.67. The second-order valence-electron chi connectivity index (χ2n) is 2.99. The molecule has 72 valence electrons. The highest BCUT2D eigenvalue weighted by Gasteiger charge is 2.08. The minimum atomic E-state index is 0.434. The smallest absolute Gasteiger partial charge is 0.321 e. The van der Waals surface area contributed by atoms with Crippen molar-refractivity contribution in [3.63, 3.8) is 0 Å². The lowest BCUT2D eigenvalue weighted by Gasteiger charge is -1.97. The number of nitrogens with one attached hydrogen (secondary N) is 1. The standard InChI is InChI=1S/C10H11N3O/c1-7-5-3-4-6-8(7)9-12-10(11-2)14-13-9/h3-6H,1-2H3,(H,11,12,13). The summed E-state index contributed by atoms with van der Waals surface area (Å²) in [6, 6.07) is 8.36. The molecule has 1 N–H and O–H groups in total. The van der Waals surface area contributed by atoms with E-state index in [-0.39, 0.29) is 0 Å². The summed E-state index contributed by atoms with van der Waals surface area (Å²) < 4.78 is 4.95. The lowest BCUT2D eigenvalue weighted by Crippen LogP contribution is -1.88. The molecule has 1 aromatic carbocycles. The summed E-state index contributed by atoms with van der Waals surface area (Å²) in [4.78, 5) is 4.17. The molecule has 2 aromatic rings. The molecule has 0 aliphatic carbocycles.